The highest BCUT2D eigenvalue weighted by Crippen LogP contribution is 2.17. The van der Waals surface area contributed by atoms with Crippen LogP contribution < -0.4 is 10.6 Å². The molecule has 132 valence electrons. The number of carbonyl (C=O) groups excluding carboxylic acids is 2. The van der Waals surface area contributed by atoms with Gasteiger partial charge in [0.1, 0.15) is 0 Å². The summed E-state index contributed by atoms with van der Waals surface area (Å²) < 4.78 is 0. The molecule has 0 saturated heterocycles. The third kappa shape index (κ3) is 6.44. The first-order chi connectivity index (χ1) is 12.0. The largest absolute Gasteiger partial charge is 0.325 e. The number of hydrogen-bond donors (Lipinski definition) is 2. The maximum absolute atomic E-state index is 12.2. The lowest BCUT2D eigenvalue weighted by Gasteiger charge is -2.12. The molecule has 0 unspecified atom stereocenters. The van der Waals surface area contributed by atoms with Crippen molar-refractivity contribution in [3.63, 3.8) is 0 Å². The van der Waals surface area contributed by atoms with Crippen LogP contribution in [0, 0.1) is 0 Å². The standard InChI is InChI=1S/C19H21ClN2O2S/c1-3-14-4-8-17(9-5-14)22-19(24)13(2)25-12-18(23)21-16-10-6-15(20)7-11-16/h4-11,13H,3,12H2,1-2H3,(H,21,23)(H,22,24)/t13-/m1/s1. The molecule has 0 saturated carbocycles. The molecule has 0 aromatic heterocycles. The lowest BCUT2D eigenvalue weighted by Crippen LogP contribution is -2.25. The predicted octanol–water partition coefficient (Wildman–Crippen LogP) is 4.60. The molecular weight excluding hydrogens is 356 g/mol. The van der Waals surface area contributed by atoms with E-state index in [9.17, 15) is 9.59 Å². The van der Waals surface area contributed by atoms with Crippen molar-refractivity contribution in [2.45, 2.75) is 25.5 Å². The minimum Gasteiger partial charge on any atom is -0.325 e. The van der Waals surface area contributed by atoms with E-state index in [2.05, 4.69) is 17.6 Å². The molecule has 2 amide bonds. The molecule has 2 rings (SSSR count). The van der Waals surface area contributed by atoms with Crippen LogP contribution in [0.15, 0.2) is 48.5 Å². The average Bonchev–Trinajstić information content (AvgIpc) is 2.62. The second-order valence-electron chi connectivity index (χ2n) is 5.55. The van der Waals surface area contributed by atoms with E-state index >= 15 is 0 Å². The Morgan fingerprint density at radius 1 is 1.00 bits per heavy atom. The summed E-state index contributed by atoms with van der Waals surface area (Å²) in [5.41, 5.74) is 2.67. The first-order valence-electron chi connectivity index (χ1n) is 8.04. The van der Waals surface area contributed by atoms with Crippen molar-refractivity contribution >= 4 is 46.6 Å². The molecule has 4 nitrogen and oxygen atoms in total. The Hall–Kier alpha value is -1.98. The number of carbonyl (C=O) groups is 2. The highest BCUT2D eigenvalue weighted by Gasteiger charge is 2.15. The summed E-state index contributed by atoms with van der Waals surface area (Å²) >= 11 is 7.10. The van der Waals surface area contributed by atoms with Crippen LogP contribution in [0.25, 0.3) is 0 Å². The molecule has 0 aliphatic rings. The van der Waals surface area contributed by atoms with Crippen LogP contribution in [-0.4, -0.2) is 22.8 Å². The van der Waals surface area contributed by atoms with Gasteiger partial charge in [-0.05, 0) is 55.3 Å². The van der Waals surface area contributed by atoms with Gasteiger partial charge in [0.05, 0.1) is 11.0 Å². The van der Waals surface area contributed by atoms with Gasteiger partial charge < -0.3 is 10.6 Å². The number of amides is 2. The SMILES string of the molecule is CCc1ccc(NC(=O)[C@@H](C)SCC(=O)Nc2ccc(Cl)cc2)cc1. The van der Waals surface area contributed by atoms with Crippen LogP contribution in [0.3, 0.4) is 0 Å². The molecule has 2 N–H and O–H groups in total. The third-order valence-electron chi connectivity index (χ3n) is 3.59. The lowest BCUT2D eigenvalue weighted by atomic mass is 10.1. The van der Waals surface area contributed by atoms with Crippen molar-refractivity contribution in [2.24, 2.45) is 0 Å². The zero-order chi connectivity index (χ0) is 18.2. The highest BCUT2D eigenvalue weighted by molar-refractivity contribution is 8.01. The lowest BCUT2D eigenvalue weighted by molar-refractivity contribution is -0.115. The maximum Gasteiger partial charge on any atom is 0.237 e. The van der Waals surface area contributed by atoms with E-state index < -0.39 is 0 Å². The molecule has 6 heteroatoms. The smallest absolute Gasteiger partial charge is 0.237 e. The van der Waals surface area contributed by atoms with Gasteiger partial charge in [-0.25, -0.2) is 0 Å². The molecule has 0 spiro atoms. The quantitative estimate of drug-likeness (QED) is 0.742. The van der Waals surface area contributed by atoms with E-state index in [4.69, 9.17) is 11.6 Å². The Morgan fingerprint density at radius 3 is 2.16 bits per heavy atom. The first-order valence-corrected chi connectivity index (χ1v) is 9.47. The van der Waals surface area contributed by atoms with Crippen molar-refractivity contribution < 1.29 is 9.59 Å². The zero-order valence-corrected chi connectivity index (χ0v) is 15.8. The van der Waals surface area contributed by atoms with Gasteiger partial charge in [-0.15, -0.1) is 11.8 Å². The van der Waals surface area contributed by atoms with Crippen molar-refractivity contribution in [3.8, 4) is 0 Å². The number of hydrogen-bond acceptors (Lipinski definition) is 3. The van der Waals surface area contributed by atoms with Crippen molar-refractivity contribution in [1.29, 1.82) is 0 Å². The third-order valence-corrected chi connectivity index (χ3v) is 4.99. The molecule has 0 bridgehead atoms. The molecule has 0 radical (unpaired) electrons. The number of rotatable bonds is 7. The fourth-order valence-electron chi connectivity index (χ4n) is 2.07. The minimum absolute atomic E-state index is 0.117. The molecule has 0 aliphatic carbocycles. The predicted molar refractivity (Wildman–Crippen MR) is 106 cm³/mol. The Labute approximate surface area is 157 Å². The van der Waals surface area contributed by atoms with Crippen LogP contribution in [-0.2, 0) is 16.0 Å². The Bertz CT molecular complexity index is 717. The fourth-order valence-corrected chi connectivity index (χ4v) is 2.88. The van der Waals surface area contributed by atoms with E-state index in [1.165, 1.54) is 17.3 Å². The van der Waals surface area contributed by atoms with Crippen LogP contribution in [0.4, 0.5) is 11.4 Å². The van der Waals surface area contributed by atoms with Gasteiger partial charge in [-0.3, -0.25) is 9.59 Å². The number of thioether (sulfide) groups is 1. The topological polar surface area (TPSA) is 58.2 Å². The molecular formula is C19H21ClN2O2S. The molecule has 0 heterocycles. The van der Waals surface area contributed by atoms with Gasteiger partial charge >= 0.3 is 0 Å². The van der Waals surface area contributed by atoms with Crippen molar-refractivity contribution in [2.75, 3.05) is 16.4 Å². The normalized spacial score (nSPS) is 11.6. The van der Waals surface area contributed by atoms with E-state index in [0.29, 0.717) is 10.7 Å². The molecule has 2 aromatic carbocycles. The van der Waals surface area contributed by atoms with Gasteiger partial charge in [0.25, 0.3) is 0 Å². The summed E-state index contributed by atoms with van der Waals surface area (Å²) in [6.45, 7) is 3.87. The molecule has 0 aliphatic heterocycles. The summed E-state index contributed by atoms with van der Waals surface area (Å²) in [6.07, 6.45) is 0.962. The van der Waals surface area contributed by atoms with E-state index in [1.54, 1.807) is 31.2 Å². The van der Waals surface area contributed by atoms with Gasteiger partial charge in [0.15, 0.2) is 0 Å². The van der Waals surface area contributed by atoms with Crippen LogP contribution >= 0.6 is 23.4 Å². The van der Waals surface area contributed by atoms with Gasteiger partial charge in [0.2, 0.25) is 11.8 Å². The monoisotopic (exact) mass is 376 g/mol. The van der Waals surface area contributed by atoms with Gasteiger partial charge in [0, 0.05) is 16.4 Å². The number of benzene rings is 2. The number of nitrogens with one attached hydrogen (secondary N) is 2. The number of halogens is 1. The fraction of sp³-hybridized carbons (Fsp3) is 0.263. The van der Waals surface area contributed by atoms with E-state index in [1.807, 2.05) is 24.3 Å². The summed E-state index contributed by atoms with van der Waals surface area (Å²) in [5.74, 6) is -0.0702. The summed E-state index contributed by atoms with van der Waals surface area (Å²) in [6, 6.07) is 14.7. The van der Waals surface area contributed by atoms with Crippen LogP contribution in [0.5, 0.6) is 0 Å². The Balaban J connectivity index is 1.77. The average molecular weight is 377 g/mol. The second-order valence-corrected chi connectivity index (χ2v) is 7.31. The van der Waals surface area contributed by atoms with Gasteiger partial charge in [-0.2, -0.15) is 0 Å². The van der Waals surface area contributed by atoms with Crippen LogP contribution in [0.1, 0.15) is 19.4 Å². The summed E-state index contributed by atoms with van der Waals surface area (Å²) in [7, 11) is 0. The molecule has 25 heavy (non-hydrogen) atoms. The molecule has 0 fully saturated rings. The van der Waals surface area contributed by atoms with Gasteiger partial charge in [-0.1, -0.05) is 30.7 Å². The Morgan fingerprint density at radius 2 is 1.56 bits per heavy atom. The van der Waals surface area contributed by atoms with Crippen molar-refractivity contribution in [1.82, 2.24) is 0 Å². The summed E-state index contributed by atoms with van der Waals surface area (Å²) in [4.78, 5) is 24.2. The van der Waals surface area contributed by atoms with Crippen LogP contribution in [0.2, 0.25) is 5.02 Å². The summed E-state index contributed by atoms with van der Waals surface area (Å²) in [5, 5.41) is 5.93. The van der Waals surface area contributed by atoms with E-state index in [0.717, 1.165) is 12.1 Å². The number of aryl methyl sites for hydroxylation is 1. The maximum atomic E-state index is 12.2. The second kappa shape index (κ2) is 9.49. The molecule has 2 aromatic rings. The minimum atomic E-state index is -0.332. The zero-order valence-electron chi connectivity index (χ0n) is 14.2. The number of anilines is 2. The molecule has 1 atom stereocenters. The Kier molecular flexibility index (Phi) is 7.34. The first kappa shape index (κ1) is 19.3. The highest BCUT2D eigenvalue weighted by atomic mass is 35.5. The van der Waals surface area contributed by atoms with E-state index in [-0.39, 0.29) is 22.8 Å². The van der Waals surface area contributed by atoms with Crippen molar-refractivity contribution in [3.05, 3.63) is 59.1 Å².